The van der Waals surface area contributed by atoms with Gasteiger partial charge in [-0.1, -0.05) is 29.0 Å². The number of piperazine rings is 1. The molecule has 5 rings (SSSR count). The van der Waals surface area contributed by atoms with Crippen molar-refractivity contribution in [3.63, 3.8) is 0 Å². The van der Waals surface area contributed by atoms with Gasteiger partial charge in [-0.05, 0) is 59.7 Å². The Balaban J connectivity index is 1.43. The van der Waals surface area contributed by atoms with Gasteiger partial charge in [-0.15, -0.1) is 0 Å². The molecule has 43 heavy (non-hydrogen) atoms. The van der Waals surface area contributed by atoms with Crippen LogP contribution in [0.1, 0.15) is 58.3 Å². The maximum atomic E-state index is 14.8. The van der Waals surface area contributed by atoms with E-state index in [1.54, 1.807) is 48.8 Å². The molecule has 1 saturated heterocycles. The minimum absolute atomic E-state index is 0.168. The Morgan fingerprint density at radius 3 is 2.42 bits per heavy atom. The lowest BCUT2D eigenvalue weighted by atomic mass is 9.99. The molecule has 2 aromatic carbocycles. The lowest BCUT2D eigenvalue weighted by Gasteiger charge is -2.42. The molecule has 0 spiro atoms. The molecule has 230 valence electrons. The van der Waals surface area contributed by atoms with E-state index in [9.17, 15) is 18.8 Å². The summed E-state index contributed by atoms with van der Waals surface area (Å²) >= 11 is 7.86. The van der Waals surface area contributed by atoms with Crippen molar-refractivity contribution in [3.8, 4) is 16.9 Å². The molecule has 0 radical (unpaired) electrons. The summed E-state index contributed by atoms with van der Waals surface area (Å²) in [6, 6.07) is 5.94. The van der Waals surface area contributed by atoms with Crippen LogP contribution in [-0.4, -0.2) is 76.4 Å². The zero-order chi connectivity index (χ0) is 31.3. The number of nitrogens with one attached hydrogen (secondary N) is 1. The molecule has 3 amide bonds. The number of hydrogen-bond donors (Lipinski definition) is 1. The number of ether oxygens (including phenoxy) is 3. The minimum atomic E-state index is -0.714. The number of aromatic nitrogens is 1. The van der Waals surface area contributed by atoms with Gasteiger partial charge in [-0.25, -0.2) is 19.0 Å². The zero-order valence-corrected chi connectivity index (χ0v) is 26.5. The van der Waals surface area contributed by atoms with E-state index < -0.39 is 29.2 Å². The van der Waals surface area contributed by atoms with Gasteiger partial charge in [0.2, 0.25) is 0 Å². The van der Waals surface area contributed by atoms with Crippen molar-refractivity contribution in [2.24, 2.45) is 0 Å². The smallest absolute Gasteiger partial charge is 0.413 e. The highest BCUT2D eigenvalue weighted by Gasteiger charge is 2.37. The zero-order valence-electron chi connectivity index (χ0n) is 24.9. The number of fused-ring (bicyclic) bond motifs is 3. The van der Waals surface area contributed by atoms with E-state index >= 15 is 0 Å². The van der Waals surface area contributed by atoms with Crippen molar-refractivity contribution in [2.45, 2.75) is 65.2 Å². The highest BCUT2D eigenvalue weighted by atomic mass is 35.5. The number of nitrogens with zero attached hydrogens (tertiary/aromatic N) is 3. The normalized spacial score (nSPS) is 17.4. The van der Waals surface area contributed by atoms with Crippen LogP contribution in [0, 0.1) is 5.82 Å². The second-order valence-corrected chi connectivity index (χ2v) is 13.8. The molecule has 1 fully saturated rings. The average molecular weight is 633 g/mol. The van der Waals surface area contributed by atoms with Crippen molar-refractivity contribution in [1.82, 2.24) is 14.8 Å². The van der Waals surface area contributed by atoms with E-state index in [1.807, 2.05) is 20.8 Å². The average Bonchev–Trinajstić information content (AvgIpc) is 3.31. The summed E-state index contributed by atoms with van der Waals surface area (Å²) in [5.41, 5.74) is 0.279. The van der Waals surface area contributed by atoms with E-state index in [0.717, 1.165) is 11.3 Å². The minimum Gasteiger partial charge on any atom is -0.491 e. The second-order valence-electron chi connectivity index (χ2n) is 12.4. The van der Waals surface area contributed by atoms with Crippen LogP contribution in [-0.2, 0) is 9.47 Å². The topological polar surface area (TPSA) is 110 Å². The highest BCUT2D eigenvalue weighted by Crippen LogP contribution is 2.43. The fraction of sp³-hybridized carbons (Fsp3) is 0.467. The number of halogens is 2. The summed E-state index contributed by atoms with van der Waals surface area (Å²) in [7, 11) is 0. The van der Waals surface area contributed by atoms with Gasteiger partial charge in [0.15, 0.2) is 10.9 Å². The third kappa shape index (κ3) is 6.65. The number of amides is 3. The molecule has 2 aliphatic rings. The van der Waals surface area contributed by atoms with Gasteiger partial charge in [0.1, 0.15) is 17.0 Å². The first kappa shape index (κ1) is 30.8. The first-order valence-electron chi connectivity index (χ1n) is 13.9. The van der Waals surface area contributed by atoms with Gasteiger partial charge in [0.25, 0.3) is 5.91 Å². The molecule has 1 atom stereocenters. The first-order valence-corrected chi connectivity index (χ1v) is 15.1. The van der Waals surface area contributed by atoms with Gasteiger partial charge < -0.3 is 24.0 Å². The summed E-state index contributed by atoms with van der Waals surface area (Å²) in [6.07, 6.45) is -0.630. The molecule has 0 unspecified atom stereocenters. The largest absolute Gasteiger partial charge is 0.491 e. The molecule has 2 aliphatic heterocycles. The SMILES string of the molecule is CC(C)(C)OC(=O)Nc1nc2c(-c3ccc4c(c3Cl)OCC[C@H]3CN(C(=O)OC(C)(C)C)CCN3C4=O)ccc(F)c2s1. The lowest BCUT2D eigenvalue weighted by Crippen LogP contribution is -2.58. The van der Waals surface area contributed by atoms with E-state index in [4.69, 9.17) is 25.8 Å². The van der Waals surface area contributed by atoms with Crippen molar-refractivity contribution in [1.29, 1.82) is 0 Å². The number of thiazole rings is 1. The summed E-state index contributed by atoms with van der Waals surface area (Å²) < 4.78 is 32.0. The van der Waals surface area contributed by atoms with E-state index in [1.165, 1.54) is 6.07 Å². The van der Waals surface area contributed by atoms with Crippen molar-refractivity contribution < 1.29 is 33.0 Å². The van der Waals surface area contributed by atoms with Crippen molar-refractivity contribution >= 4 is 56.4 Å². The van der Waals surface area contributed by atoms with Crippen molar-refractivity contribution in [3.05, 3.63) is 40.7 Å². The molecule has 13 heteroatoms. The summed E-state index contributed by atoms with van der Waals surface area (Å²) in [5, 5.41) is 2.93. The van der Waals surface area contributed by atoms with Crippen LogP contribution < -0.4 is 10.1 Å². The number of carbonyl (C=O) groups excluding carboxylic acids is 3. The van der Waals surface area contributed by atoms with E-state index in [2.05, 4.69) is 10.3 Å². The maximum Gasteiger partial charge on any atom is 0.413 e. The fourth-order valence-electron chi connectivity index (χ4n) is 5.02. The number of carbonyl (C=O) groups is 3. The van der Waals surface area contributed by atoms with Crippen LogP contribution in [0.3, 0.4) is 0 Å². The van der Waals surface area contributed by atoms with Gasteiger partial charge in [-0.3, -0.25) is 10.1 Å². The molecule has 1 aromatic heterocycles. The van der Waals surface area contributed by atoms with E-state index in [-0.39, 0.29) is 39.2 Å². The summed E-state index contributed by atoms with van der Waals surface area (Å²) in [6.45, 7) is 11.9. The molecular weight excluding hydrogens is 599 g/mol. The van der Waals surface area contributed by atoms with Gasteiger partial charge in [-0.2, -0.15) is 0 Å². The highest BCUT2D eigenvalue weighted by molar-refractivity contribution is 7.22. The predicted molar refractivity (Wildman–Crippen MR) is 163 cm³/mol. The van der Waals surface area contributed by atoms with Crippen LogP contribution >= 0.6 is 22.9 Å². The molecule has 0 aliphatic carbocycles. The summed E-state index contributed by atoms with van der Waals surface area (Å²) in [5.74, 6) is -0.519. The Kier molecular flexibility index (Phi) is 8.21. The third-order valence-electron chi connectivity index (χ3n) is 6.81. The standard InChI is InChI=1S/C30H34ClFN4O6S/c1-29(2,3)41-27(38)34-26-33-22-18(9-10-20(32)24(22)43-26)17-7-8-19-23(21(17)31)40-14-11-16-15-35(12-13-36(16)25(19)37)28(39)42-30(4,5)6/h7-10,16H,11-15H2,1-6H3,(H,33,34,38)/t16-/m0/s1. The monoisotopic (exact) mass is 632 g/mol. The Hall–Kier alpha value is -3.64. The molecule has 3 aromatic rings. The predicted octanol–water partition coefficient (Wildman–Crippen LogP) is 6.95. The number of rotatable bonds is 2. The Morgan fingerprint density at radius 1 is 1.05 bits per heavy atom. The molecule has 1 N–H and O–H groups in total. The van der Waals surface area contributed by atoms with Gasteiger partial charge in [0, 0.05) is 37.2 Å². The molecule has 0 bridgehead atoms. The van der Waals surface area contributed by atoms with Crippen LogP contribution in [0.15, 0.2) is 24.3 Å². The van der Waals surface area contributed by atoms with E-state index in [0.29, 0.717) is 48.3 Å². The van der Waals surface area contributed by atoms with Crippen LogP contribution in [0.25, 0.3) is 21.3 Å². The van der Waals surface area contributed by atoms with Crippen LogP contribution in [0.2, 0.25) is 5.02 Å². The Labute approximate surface area is 258 Å². The van der Waals surface area contributed by atoms with Gasteiger partial charge >= 0.3 is 12.2 Å². The quantitative estimate of drug-likeness (QED) is 0.326. The third-order valence-corrected chi connectivity index (χ3v) is 8.17. The molecule has 0 saturated carbocycles. The second kappa shape index (κ2) is 11.5. The van der Waals surface area contributed by atoms with Gasteiger partial charge in [0.05, 0.1) is 33.5 Å². The number of benzene rings is 2. The summed E-state index contributed by atoms with van der Waals surface area (Å²) in [4.78, 5) is 46.5. The number of anilines is 1. The van der Waals surface area contributed by atoms with Crippen LogP contribution in [0.5, 0.6) is 5.75 Å². The first-order chi connectivity index (χ1) is 20.1. The molecule has 3 heterocycles. The maximum absolute atomic E-state index is 14.8. The Morgan fingerprint density at radius 2 is 1.72 bits per heavy atom. The number of hydrogen-bond acceptors (Lipinski definition) is 8. The van der Waals surface area contributed by atoms with Crippen LogP contribution in [0.4, 0.5) is 19.1 Å². The van der Waals surface area contributed by atoms with Crippen molar-refractivity contribution in [2.75, 3.05) is 31.6 Å². The fourth-order valence-corrected chi connectivity index (χ4v) is 6.23. The molecular formula is C30H34ClFN4O6S. The molecule has 10 nitrogen and oxygen atoms in total. The Bertz CT molecular complexity index is 1600. The lowest BCUT2D eigenvalue weighted by molar-refractivity contribution is 0.00109.